The number of hydrogen-bond acceptors (Lipinski definition) is 7. The van der Waals surface area contributed by atoms with Gasteiger partial charge in [-0.15, -0.1) is 0 Å². The van der Waals surface area contributed by atoms with Crippen LogP contribution in [0.15, 0.2) is 42.5 Å². The van der Waals surface area contributed by atoms with Gasteiger partial charge in [0.15, 0.2) is 19.0 Å². The largest absolute Gasteiger partial charge is 0.495 e. The summed E-state index contributed by atoms with van der Waals surface area (Å²) in [4.78, 5) is 33.9. The van der Waals surface area contributed by atoms with Gasteiger partial charge in [-0.2, -0.15) is 0 Å². The Morgan fingerprint density at radius 1 is 1.11 bits per heavy atom. The molecule has 2 aromatic rings. The summed E-state index contributed by atoms with van der Waals surface area (Å²) in [5.41, 5.74) is 1.10. The first-order valence-electron chi connectivity index (χ1n) is 7.87. The van der Waals surface area contributed by atoms with E-state index in [1.807, 2.05) is 13.0 Å². The van der Waals surface area contributed by atoms with Gasteiger partial charge in [0.2, 0.25) is 0 Å². The lowest BCUT2D eigenvalue weighted by Crippen LogP contribution is -2.24. The molecule has 1 amide bonds. The first kappa shape index (κ1) is 19.7. The fraction of sp³-hybridized carbons (Fsp3) is 0.222. The van der Waals surface area contributed by atoms with E-state index < -0.39 is 30.0 Å². The molecule has 0 unspecified atom stereocenters. The van der Waals surface area contributed by atoms with E-state index in [4.69, 9.17) is 14.2 Å². The number of esters is 1. The fourth-order valence-corrected chi connectivity index (χ4v) is 2.16. The highest BCUT2D eigenvalue weighted by atomic mass is 16.6. The number of nitrogens with one attached hydrogen (secondary N) is 1. The number of carbonyl (C=O) groups is 2. The third kappa shape index (κ3) is 5.70. The molecular formula is C18H18N2O7. The minimum Gasteiger partial charge on any atom is -0.495 e. The Hall–Kier alpha value is -3.62. The van der Waals surface area contributed by atoms with Crippen molar-refractivity contribution in [1.82, 2.24) is 0 Å². The summed E-state index contributed by atoms with van der Waals surface area (Å²) >= 11 is 0. The molecule has 0 radical (unpaired) electrons. The van der Waals surface area contributed by atoms with Crippen molar-refractivity contribution >= 4 is 23.3 Å². The van der Waals surface area contributed by atoms with Crippen molar-refractivity contribution in [2.75, 3.05) is 25.6 Å². The molecule has 9 nitrogen and oxygen atoms in total. The molecule has 9 heteroatoms. The second-order valence-corrected chi connectivity index (χ2v) is 5.43. The molecule has 0 aliphatic rings. The van der Waals surface area contributed by atoms with E-state index in [-0.39, 0.29) is 11.4 Å². The van der Waals surface area contributed by atoms with E-state index in [0.717, 1.165) is 5.56 Å². The van der Waals surface area contributed by atoms with Gasteiger partial charge in [-0.3, -0.25) is 14.9 Å². The number of amides is 1. The molecule has 27 heavy (non-hydrogen) atoms. The zero-order valence-electron chi connectivity index (χ0n) is 14.8. The monoisotopic (exact) mass is 374 g/mol. The average Bonchev–Trinajstić information content (AvgIpc) is 2.65. The van der Waals surface area contributed by atoms with Crippen LogP contribution in [0.3, 0.4) is 0 Å². The first-order chi connectivity index (χ1) is 12.9. The highest BCUT2D eigenvalue weighted by Gasteiger charge is 2.16. The number of nitrogens with zero attached hydrogens (tertiary/aromatic N) is 1. The van der Waals surface area contributed by atoms with Crippen molar-refractivity contribution in [1.29, 1.82) is 0 Å². The molecule has 0 aromatic heterocycles. The number of benzene rings is 2. The van der Waals surface area contributed by atoms with Crippen LogP contribution >= 0.6 is 0 Å². The predicted molar refractivity (Wildman–Crippen MR) is 95.9 cm³/mol. The summed E-state index contributed by atoms with van der Waals surface area (Å²) in [5.74, 6) is -0.981. The SMILES string of the molecule is COc1ccc(C)cc1NC(=O)COC(=O)COc1ccccc1[N+](=O)[O-]. The quantitative estimate of drug-likeness (QED) is 0.428. The summed E-state index contributed by atoms with van der Waals surface area (Å²) in [5, 5.41) is 13.5. The van der Waals surface area contributed by atoms with Gasteiger partial charge in [-0.05, 0) is 30.7 Å². The minimum atomic E-state index is -0.834. The number of anilines is 1. The molecule has 142 valence electrons. The van der Waals surface area contributed by atoms with Gasteiger partial charge in [0.05, 0.1) is 17.7 Å². The molecule has 0 spiro atoms. The van der Waals surface area contributed by atoms with Crippen molar-refractivity contribution < 1.29 is 28.7 Å². The molecule has 2 aromatic carbocycles. The van der Waals surface area contributed by atoms with Crippen LogP contribution in [0.4, 0.5) is 11.4 Å². The Morgan fingerprint density at radius 2 is 1.85 bits per heavy atom. The number of hydrogen-bond donors (Lipinski definition) is 1. The summed E-state index contributed by atoms with van der Waals surface area (Å²) in [6.45, 7) is 0.761. The number of nitro groups is 1. The van der Waals surface area contributed by atoms with Crippen molar-refractivity contribution in [3.8, 4) is 11.5 Å². The third-order valence-corrected chi connectivity index (χ3v) is 3.40. The van der Waals surface area contributed by atoms with Gasteiger partial charge in [0.25, 0.3) is 5.91 Å². The maximum atomic E-state index is 11.9. The van der Waals surface area contributed by atoms with Gasteiger partial charge in [0, 0.05) is 6.07 Å². The van der Waals surface area contributed by atoms with Crippen LogP contribution < -0.4 is 14.8 Å². The van der Waals surface area contributed by atoms with Crippen molar-refractivity contribution in [3.63, 3.8) is 0 Å². The summed E-state index contributed by atoms with van der Waals surface area (Å²) < 4.78 is 15.1. The lowest BCUT2D eigenvalue weighted by Gasteiger charge is -2.11. The van der Waals surface area contributed by atoms with Crippen LogP contribution in [0.2, 0.25) is 0 Å². The topological polar surface area (TPSA) is 117 Å². The number of rotatable bonds is 8. The summed E-state index contributed by atoms with van der Waals surface area (Å²) in [6.07, 6.45) is 0. The molecule has 0 heterocycles. The van der Waals surface area contributed by atoms with Gasteiger partial charge >= 0.3 is 11.7 Å². The minimum absolute atomic E-state index is 0.0617. The molecule has 0 fully saturated rings. The smallest absolute Gasteiger partial charge is 0.344 e. The van der Waals surface area contributed by atoms with Crippen LogP contribution in [0.1, 0.15) is 5.56 Å². The summed E-state index contributed by atoms with van der Waals surface area (Å²) in [7, 11) is 1.47. The number of aryl methyl sites for hydroxylation is 1. The van der Waals surface area contributed by atoms with Crippen LogP contribution in [0, 0.1) is 17.0 Å². The highest BCUT2D eigenvalue weighted by Crippen LogP contribution is 2.26. The van der Waals surface area contributed by atoms with E-state index in [1.54, 1.807) is 12.1 Å². The molecular weight excluding hydrogens is 356 g/mol. The number of nitro benzene ring substituents is 1. The standard InChI is InChI=1S/C18H18N2O7/c1-12-7-8-15(25-2)13(9-12)19-17(21)10-27-18(22)11-26-16-6-4-3-5-14(16)20(23)24/h3-9H,10-11H2,1-2H3,(H,19,21). The van der Waals surface area contributed by atoms with Crippen molar-refractivity contribution in [2.24, 2.45) is 0 Å². The molecule has 0 saturated carbocycles. The normalized spacial score (nSPS) is 10.0. The van der Waals surface area contributed by atoms with E-state index in [2.05, 4.69) is 5.32 Å². The zero-order chi connectivity index (χ0) is 19.8. The maximum absolute atomic E-state index is 11.9. The number of para-hydroxylation sites is 2. The van der Waals surface area contributed by atoms with Crippen LogP contribution in [0.25, 0.3) is 0 Å². The number of methoxy groups -OCH3 is 1. The van der Waals surface area contributed by atoms with Crippen LogP contribution in [-0.4, -0.2) is 37.1 Å². The Morgan fingerprint density at radius 3 is 2.56 bits per heavy atom. The molecule has 2 rings (SSSR count). The third-order valence-electron chi connectivity index (χ3n) is 3.40. The Labute approximate surface area is 155 Å². The molecule has 0 saturated heterocycles. The molecule has 0 bridgehead atoms. The van der Waals surface area contributed by atoms with Gasteiger partial charge in [-0.25, -0.2) is 4.79 Å². The van der Waals surface area contributed by atoms with Crippen molar-refractivity contribution in [3.05, 3.63) is 58.1 Å². The highest BCUT2D eigenvalue weighted by molar-refractivity contribution is 5.94. The van der Waals surface area contributed by atoms with E-state index in [0.29, 0.717) is 11.4 Å². The Kier molecular flexibility index (Phi) is 6.70. The first-order valence-corrected chi connectivity index (χ1v) is 7.87. The zero-order valence-corrected chi connectivity index (χ0v) is 14.8. The summed E-state index contributed by atoms with van der Waals surface area (Å²) in [6, 6.07) is 10.9. The van der Waals surface area contributed by atoms with E-state index in [9.17, 15) is 19.7 Å². The van der Waals surface area contributed by atoms with Gasteiger partial charge < -0.3 is 19.5 Å². The maximum Gasteiger partial charge on any atom is 0.344 e. The Balaban J connectivity index is 1.85. The Bertz CT molecular complexity index is 851. The molecule has 0 aliphatic carbocycles. The van der Waals surface area contributed by atoms with E-state index >= 15 is 0 Å². The van der Waals surface area contributed by atoms with E-state index in [1.165, 1.54) is 31.4 Å². The van der Waals surface area contributed by atoms with Crippen LogP contribution in [-0.2, 0) is 14.3 Å². The van der Waals surface area contributed by atoms with Crippen molar-refractivity contribution in [2.45, 2.75) is 6.92 Å². The second-order valence-electron chi connectivity index (χ2n) is 5.43. The molecule has 0 atom stereocenters. The number of carbonyl (C=O) groups excluding carboxylic acids is 2. The predicted octanol–water partition coefficient (Wildman–Crippen LogP) is 2.47. The molecule has 0 aliphatic heterocycles. The van der Waals surface area contributed by atoms with Gasteiger partial charge in [-0.1, -0.05) is 18.2 Å². The van der Waals surface area contributed by atoms with Crippen LogP contribution in [0.5, 0.6) is 11.5 Å². The molecule has 1 N–H and O–H groups in total. The lowest BCUT2D eigenvalue weighted by molar-refractivity contribution is -0.385. The second kappa shape index (κ2) is 9.18. The fourth-order valence-electron chi connectivity index (χ4n) is 2.16. The van der Waals surface area contributed by atoms with Gasteiger partial charge in [0.1, 0.15) is 5.75 Å². The average molecular weight is 374 g/mol. The number of ether oxygens (including phenoxy) is 3. The lowest BCUT2D eigenvalue weighted by atomic mass is 10.2.